The molecule has 0 bridgehead atoms. The van der Waals surface area contributed by atoms with E-state index in [2.05, 4.69) is 12.1 Å². The minimum atomic E-state index is -3.02. The van der Waals surface area contributed by atoms with Crippen LogP contribution in [0.1, 0.15) is 35.6 Å². The highest BCUT2D eigenvalue weighted by atomic mass is 32.2. The first-order valence-corrected chi connectivity index (χ1v) is 8.07. The summed E-state index contributed by atoms with van der Waals surface area (Å²) in [7, 11) is -3.02. The molecular weight excluding hydrogens is 234 g/mol. The number of benzene rings is 1. The fourth-order valence-corrected chi connectivity index (χ4v) is 3.25. The van der Waals surface area contributed by atoms with E-state index in [0.29, 0.717) is 0 Å². The Morgan fingerprint density at radius 3 is 2.53 bits per heavy atom. The Kier molecular flexibility index (Phi) is 3.54. The Balaban J connectivity index is 2.22. The lowest BCUT2D eigenvalue weighted by atomic mass is 9.89. The van der Waals surface area contributed by atoms with Crippen LogP contribution in [-0.2, 0) is 22.7 Å². The molecule has 4 heteroatoms. The summed E-state index contributed by atoms with van der Waals surface area (Å²) >= 11 is 0. The predicted octanol–water partition coefficient (Wildman–Crippen LogP) is 1.61. The monoisotopic (exact) mass is 253 g/mol. The summed E-state index contributed by atoms with van der Waals surface area (Å²) in [5, 5.41) is 0. The van der Waals surface area contributed by atoms with Gasteiger partial charge in [0, 0.05) is 12.3 Å². The summed E-state index contributed by atoms with van der Waals surface area (Å²) in [6, 6.07) is 5.76. The Bertz CT molecular complexity index is 508. The maximum atomic E-state index is 11.2. The van der Waals surface area contributed by atoms with Crippen molar-refractivity contribution in [1.29, 1.82) is 0 Å². The van der Waals surface area contributed by atoms with Crippen molar-refractivity contribution in [1.82, 2.24) is 0 Å². The molecule has 0 saturated heterocycles. The van der Waals surface area contributed by atoms with Crippen molar-refractivity contribution in [2.24, 2.45) is 5.73 Å². The molecule has 1 aliphatic rings. The second-order valence-electron chi connectivity index (χ2n) is 4.93. The molecule has 0 aromatic heterocycles. The Morgan fingerprint density at radius 2 is 1.88 bits per heavy atom. The molecule has 1 unspecified atom stereocenters. The molecule has 0 amide bonds. The minimum Gasteiger partial charge on any atom is -0.323 e. The van der Waals surface area contributed by atoms with Gasteiger partial charge in [-0.2, -0.15) is 0 Å². The third-order valence-corrected chi connectivity index (χ3v) is 4.25. The lowest BCUT2D eigenvalue weighted by Crippen LogP contribution is -2.21. The van der Waals surface area contributed by atoms with E-state index in [-0.39, 0.29) is 5.75 Å². The van der Waals surface area contributed by atoms with E-state index >= 15 is 0 Å². The molecule has 0 aliphatic heterocycles. The van der Waals surface area contributed by atoms with Crippen molar-refractivity contribution >= 4 is 9.84 Å². The highest BCUT2D eigenvalue weighted by molar-refractivity contribution is 7.90. The zero-order valence-corrected chi connectivity index (χ0v) is 11.0. The Hall–Kier alpha value is -0.870. The summed E-state index contributed by atoms with van der Waals surface area (Å²) in [6.07, 6.45) is 5.93. The van der Waals surface area contributed by atoms with E-state index < -0.39 is 15.9 Å². The van der Waals surface area contributed by atoms with Crippen molar-refractivity contribution in [2.45, 2.75) is 31.7 Å². The molecule has 17 heavy (non-hydrogen) atoms. The average molecular weight is 253 g/mol. The molecule has 94 valence electrons. The first kappa shape index (κ1) is 12.6. The summed E-state index contributed by atoms with van der Waals surface area (Å²) in [5.74, 6) is 0.0196. The highest BCUT2D eigenvalue weighted by Gasteiger charge is 2.16. The van der Waals surface area contributed by atoms with Crippen LogP contribution < -0.4 is 5.73 Å². The molecule has 1 aromatic carbocycles. The van der Waals surface area contributed by atoms with Crippen molar-refractivity contribution in [3.05, 3.63) is 34.9 Å². The second kappa shape index (κ2) is 4.78. The van der Waals surface area contributed by atoms with Crippen LogP contribution in [0.25, 0.3) is 0 Å². The first-order valence-electron chi connectivity index (χ1n) is 6.01. The van der Waals surface area contributed by atoms with Gasteiger partial charge in [-0.3, -0.25) is 0 Å². The van der Waals surface area contributed by atoms with Gasteiger partial charge in [0.1, 0.15) is 9.84 Å². The van der Waals surface area contributed by atoms with Gasteiger partial charge in [0.15, 0.2) is 0 Å². The quantitative estimate of drug-likeness (QED) is 0.890. The third-order valence-electron chi connectivity index (χ3n) is 3.28. The standard InChI is InChI=1S/C13H19NO2S/c1-17(15,16)9-13(14)12-7-6-10-4-2-3-5-11(10)8-12/h6-8,13H,2-5,9,14H2,1H3. The van der Waals surface area contributed by atoms with Crippen LogP contribution in [0.2, 0.25) is 0 Å². The maximum absolute atomic E-state index is 11.2. The maximum Gasteiger partial charge on any atom is 0.149 e. The minimum absolute atomic E-state index is 0.0196. The van der Waals surface area contributed by atoms with Crippen molar-refractivity contribution in [2.75, 3.05) is 12.0 Å². The van der Waals surface area contributed by atoms with Gasteiger partial charge < -0.3 is 5.73 Å². The van der Waals surface area contributed by atoms with Gasteiger partial charge in [-0.05, 0) is 42.4 Å². The number of rotatable bonds is 3. The third kappa shape index (κ3) is 3.30. The molecule has 1 aliphatic carbocycles. The van der Waals surface area contributed by atoms with E-state index in [1.54, 1.807) is 0 Å². The van der Waals surface area contributed by atoms with Crippen molar-refractivity contribution < 1.29 is 8.42 Å². The zero-order valence-electron chi connectivity index (χ0n) is 10.1. The Morgan fingerprint density at radius 1 is 1.24 bits per heavy atom. The van der Waals surface area contributed by atoms with Gasteiger partial charge in [0.05, 0.1) is 5.75 Å². The van der Waals surface area contributed by atoms with Gasteiger partial charge >= 0.3 is 0 Å². The van der Waals surface area contributed by atoms with Gasteiger partial charge in [-0.1, -0.05) is 18.2 Å². The van der Waals surface area contributed by atoms with Crippen molar-refractivity contribution in [3.8, 4) is 0 Å². The topological polar surface area (TPSA) is 60.2 Å². The van der Waals surface area contributed by atoms with Crippen LogP contribution in [0.3, 0.4) is 0 Å². The van der Waals surface area contributed by atoms with Crippen molar-refractivity contribution in [3.63, 3.8) is 0 Å². The molecule has 0 saturated carbocycles. The number of hydrogen-bond donors (Lipinski definition) is 1. The van der Waals surface area contributed by atoms with Gasteiger partial charge in [-0.25, -0.2) is 8.42 Å². The van der Waals surface area contributed by atoms with E-state index in [1.165, 1.54) is 30.2 Å². The number of nitrogens with two attached hydrogens (primary N) is 1. The molecule has 0 spiro atoms. The van der Waals surface area contributed by atoms with Gasteiger partial charge in [-0.15, -0.1) is 0 Å². The molecular formula is C13H19NO2S. The number of aryl methyl sites for hydroxylation is 2. The molecule has 0 radical (unpaired) electrons. The summed E-state index contributed by atoms with van der Waals surface area (Å²) in [5.41, 5.74) is 9.62. The van der Waals surface area contributed by atoms with Crippen LogP contribution in [0, 0.1) is 0 Å². The second-order valence-corrected chi connectivity index (χ2v) is 7.12. The highest BCUT2D eigenvalue weighted by Crippen LogP contribution is 2.24. The molecule has 1 atom stereocenters. The van der Waals surface area contributed by atoms with E-state index in [0.717, 1.165) is 18.4 Å². The van der Waals surface area contributed by atoms with Gasteiger partial charge in [0.2, 0.25) is 0 Å². The predicted molar refractivity (Wildman–Crippen MR) is 69.7 cm³/mol. The lowest BCUT2D eigenvalue weighted by molar-refractivity contribution is 0.594. The van der Waals surface area contributed by atoms with E-state index in [1.807, 2.05) is 6.07 Å². The first-order chi connectivity index (χ1) is 7.96. The van der Waals surface area contributed by atoms with Crippen LogP contribution in [-0.4, -0.2) is 20.4 Å². The molecule has 1 aromatic rings. The summed E-state index contributed by atoms with van der Waals surface area (Å²) in [6.45, 7) is 0. The van der Waals surface area contributed by atoms with Crippen LogP contribution in [0.15, 0.2) is 18.2 Å². The average Bonchev–Trinajstić information content (AvgIpc) is 2.26. The fraction of sp³-hybridized carbons (Fsp3) is 0.538. The number of hydrogen-bond acceptors (Lipinski definition) is 3. The smallest absolute Gasteiger partial charge is 0.149 e. The molecule has 2 rings (SSSR count). The van der Waals surface area contributed by atoms with Crippen LogP contribution in [0.4, 0.5) is 0 Å². The largest absolute Gasteiger partial charge is 0.323 e. The van der Waals surface area contributed by atoms with Gasteiger partial charge in [0.25, 0.3) is 0 Å². The molecule has 2 N–H and O–H groups in total. The lowest BCUT2D eigenvalue weighted by Gasteiger charge is -2.18. The van der Waals surface area contributed by atoms with E-state index in [4.69, 9.17) is 5.73 Å². The fourth-order valence-electron chi connectivity index (χ4n) is 2.41. The SMILES string of the molecule is CS(=O)(=O)CC(N)c1ccc2c(c1)CCCC2. The van der Waals surface area contributed by atoms with Crippen LogP contribution >= 0.6 is 0 Å². The van der Waals surface area contributed by atoms with Crippen LogP contribution in [0.5, 0.6) is 0 Å². The summed E-state index contributed by atoms with van der Waals surface area (Å²) < 4.78 is 22.4. The normalized spacial score (nSPS) is 17.5. The summed E-state index contributed by atoms with van der Waals surface area (Å²) in [4.78, 5) is 0. The van der Waals surface area contributed by atoms with E-state index in [9.17, 15) is 8.42 Å². The molecule has 3 nitrogen and oxygen atoms in total. The zero-order chi connectivity index (χ0) is 12.5. The Labute approximate surface area is 103 Å². The number of fused-ring (bicyclic) bond motifs is 1. The molecule has 0 fully saturated rings. The number of sulfone groups is 1. The molecule has 0 heterocycles.